The lowest BCUT2D eigenvalue weighted by Gasteiger charge is -2.17. The summed E-state index contributed by atoms with van der Waals surface area (Å²) in [6, 6.07) is 11.2. The van der Waals surface area contributed by atoms with E-state index < -0.39 is 23.9 Å². The highest BCUT2D eigenvalue weighted by molar-refractivity contribution is 6.32. The molecular formula is C23H17ClF4N4O2. The fraction of sp³-hybridized carbons (Fsp3) is 0.174. The molecule has 34 heavy (non-hydrogen) atoms. The van der Waals surface area contributed by atoms with Gasteiger partial charge in [0.15, 0.2) is 0 Å². The van der Waals surface area contributed by atoms with E-state index in [-0.39, 0.29) is 10.8 Å². The molecule has 0 aliphatic rings. The van der Waals surface area contributed by atoms with Crippen LogP contribution in [0.25, 0.3) is 22.6 Å². The van der Waals surface area contributed by atoms with Gasteiger partial charge >= 0.3 is 6.18 Å². The Balaban J connectivity index is 1.60. The number of hydrogen-bond acceptors (Lipinski definition) is 5. The molecule has 0 radical (unpaired) electrons. The van der Waals surface area contributed by atoms with Crippen LogP contribution in [0.15, 0.2) is 54.7 Å². The van der Waals surface area contributed by atoms with Gasteiger partial charge in [0.1, 0.15) is 40.0 Å². The predicted molar refractivity (Wildman–Crippen MR) is 117 cm³/mol. The maximum Gasteiger partial charge on any atom is 0.433 e. The van der Waals surface area contributed by atoms with Crippen molar-refractivity contribution in [1.29, 1.82) is 0 Å². The average molecular weight is 493 g/mol. The van der Waals surface area contributed by atoms with Gasteiger partial charge in [0, 0.05) is 23.4 Å². The molecule has 4 rings (SSSR count). The van der Waals surface area contributed by atoms with E-state index in [0.29, 0.717) is 34.1 Å². The van der Waals surface area contributed by atoms with Gasteiger partial charge < -0.3 is 14.5 Å². The Labute approximate surface area is 196 Å². The molecule has 6 nitrogen and oxygen atoms in total. The first-order valence-corrected chi connectivity index (χ1v) is 10.3. The molecule has 1 atom stereocenters. The van der Waals surface area contributed by atoms with Gasteiger partial charge in [-0.1, -0.05) is 17.7 Å². The normalized spacial score (nSPS) is 12.4. The number of methoxy groups -OCH3 is 1. The summed E-state index contributed by atoms with van der Waals surface area (Å²) < 4.78 is 63.3. The lowest BCUT2D eigenvalue weighted by Crippen LogP contribution is -2.12. The third-order valence-electron chi connectivity index (χ3n) is 4.88. The molecule has 11 heteroatoms. The number of alkyl halides is 3. The number of halogens is 5. The molecule has 3 heterocycles. The zero-order valence-electron chi connectivity index (χ0n) is 17.8. The first-order chi connectivity index (χ1) is 16.2. The predicted octanol–water partition coefficient (Wildman–Crippen LogP) is 6.49. The lowest BCUT2D eigenvalue weighted by atomic mass is 10.1. The Morgan fingerprint density at radius 2 is 1.85 bits per heavy atom. The number of ether oxygens (including phenoxy) is 2. The van der Waals surface area contributed by atoms with Crippen LogP contribution in [-0.4, -0.2) is 27.0 Å². The first-order valence-electron chi connectivity index (χ1n) is 9.92. The molecule has 0 aliphatic carbocycles. The molecule has 0 aliphatic heterocycles. The van der Waals surface area contributed by atoms with Crippen molar-refractivity contribution in [3.05, 3.63) is 77.2 Å². The zero-order chi connectivity index (χ0) is 24.5. The minimum atomic E-state index is -4.55. The summed E-state index contributed by atoms with van der Waals surface area (Å²) in [5.41, 5.74) is 0.606. The molecule has 1 aromatic carbocycles. The highest BCUT2D eigenvalue weighted by atomic mass is 35.5. The monoisotopic (exact) mass is 492 g/mol. The van der Waals surface area contributed by atoms with Crippen LogP contribution >= 0.6 is 11.6 Å². The average Bonchev–Trinajstić information content (AvgIpc) is 3.20. The van der Waals surface area contributed by atoms with Crippen LogP contribution in [0.5, 0.6) is 11.5 Å². The Kier molecular flexibility index (Phi) is 6.43. The second-order valence-electron chi connectivity index (χ2n) is 7.19. The van der Waals surface area contributed by atoms with Crippen molar-refractivity contribution in [2.45, 2.75) is 19.2 Å². The van der Waals surface area contributed by atoms with Gasteiger partial charge in [0.05, 0.1) is 12.8 Å². The number of aromatic amines is 1. The third kappa shape index (κ3) is 4.96. The Bertz CT molecular complexity index is 1310. The van der Waals surface area contributed by atoms with Gasteiger partial charge in [-0.25, -0.2) is 15.0 Å². The van der Waals surface area contributed by atoms with Crippen LogP contribution in [0.1, 0.15) is 24.4 Å². The van der Waals surface area contributed by atoms with Gasteiger partial charge in [-0.3, -0.25) is 0 Å². The summed E-state index contributed by atoms with van der Waals surface area (Å²) in [6.45, 7) is 1.59. The summed E-state index contributed by atoms with van der Waals surface area (Å²) >= 11 is 6.35. The summed E-state index contributed by atoms with van der Waals surface area (Å²) in [5, 5.41) is 0.229. The van der Waals surface area contributed by atoms with E-state index in [2.05, 4.69) is 19.9 Å². The highest BCUT2D eigenvalue weighted by Crippen LogP contribution is 2.38. The van der Waals surface area contributed by atoms with E-state index in [9.17, 15) is 17.6 Å². The number of rotatable bonds is 6. The number of H-pyrrole nitrogens is 1. The number of hydrogen-bond donors (Lipinski definition) is 1. The van der Waals surface area contributed by atoms with Crippen LogP contribution in [-0.2, 0) is 6.18 Å². The molecule has 1 unspecified atom stereocenters. The van der Waals surface area contributed by atoms with Gasteiger partial charge in [0.2, 0.25) is 5.95 Å². The molecule has 0 saturated carbocycles. The quantitative estimate of drug-likeness (QED) is 0.246. The number of pyridine rings is 2. The second-order valence-corrected chi connectivity index (χ2v) is 7.56. The number of benzene rings is 1. The molecule has 176 valence electrons. The Morgan fingerprint density at radius 1 is 1.06 bits per heavy atom. The maximum absolute atomic E-state index is 13.1. The topological polar surface area (TPSA) is 72.9 Å². The number of nitrogens with zero attached hydrogens (tertiary/aromatic N) is 3. The lowest BCUT2D eigenvalue weighted by molar-refractivity contribution is -0.141. The summed E-state index contributed by atoms with van der Waals surface area (Å²) in [4.78, 5) is 14.7. The standard InChI is InChI=1S/C23H17ClF4N4O2/c1-12(16-4-3-5-18(30-16)23(26,27)28)34-14-7-8-15(17(10-14)33-2)20-21(24)32-22(31-20)13-6-9-19(25)29-11-13/h3-12H,1-2H3,(H,31,32). The Morgan fingerprint density at radius 3 is 2.53 bits per heavy atom. The first kappa shape index (κ1) is 23.5. The van der Waals surface area contributed by atoms with E-state index in [1.54, 1.807) is 25.1 Å². The van der Waals surface area contributed by atoms with Crippen molar-refractivity contribution in [2.24, 2.45) is 0 Å². The van der Waals surface area contributed by atoms with Crippen molar-refractivity contribution in [2.75, 3.05) is 7.11 Å². The largest absolute Gasteiger partial charge is 0.496 e. The maximum atomic E-state index is 13.1. The van der Waals surface area contributed by atoms with Gasteiger partial charge in [-0.15, -0.1) is 0 Å². The zero-order valence-corrected chi connectivity index (χ0v) is 18.6. The van der Waals surface area contributed by atoms with Crippen molar-refractivity contribution >= 4 is 11.6 Å². The molecule has 3 aromatic heterocycles. The fourth-order valence-corrected chi connectivity index (χ4v) is 3.46. The third-order valence-corrected chi connectivity index (χ3v) is 5.15. The van der Waals surface area contributed by atoms with Gasteiger partial charge in [-0.2, -0.15) is 17.6 Å². The van der Waals surface area contributed by atoms with Crippen LogP contribution in [0.3, 0.4) is 0 Å². The molecule has 4 aromatic rings. The SMILES string of the molecule is COc1cc(OC(C)c2cccc(C(F)(F)F)n2)ccc1-c1nc(-c2ccc(F)nc2)[nH]c1Cl. The number of nitrogens with one attached hydrogen (secondary N) is 1. The minimum Gasteiger partial charge on any atom is -0.496 e. The van der Waals surface area contributed by atoms with Crippen LogP contribution in [0, 0.1) is 5.95 Å². The number of aromatic nitrogens is 4. The summed E-state index contributed by atoms with van der Waals surface area (Å²) in [6.07, 6.45) is -3.98. The molecule has 0 amide bonds. The van der Waals surface area contributed by atoms with Crippen molar-refractivity contribution < 1.29 is 27.0 Å². The smallest absolute Gasteiger partial charge is 0.433 e. The van der Waals surface area contributed by atoms with Gasteiger partial charge in [0.25, 0.3) is 0 Å². The van der Waals surface area contributed by atoms with Crippen molar-refractivity contribution in [3.63, 3.8) is 0 Å². The number of imidazole rings is 1. The highest BCUT2D eigenvalue weighted by Gasteiger charge is 2.33. The van der Waals surface area contributed by atoms with E-state index in [1.807, 2.05) is 0 Å². The van der Waals surface area contributed by atoms with Crippen molar-refractivity contribution in [1.82, 2.24) is 19.9 Å². The van der Waals surface area contributed by atoms with Gasteiger partial charge in [-0.05, 0) is 43.3 Å². The van der Waals surface area contributed by atoms with E-state index in [1.165, 1.54) is 37.6 Å². The van der Waals surface area contributed by atoms with E-state index in [4.69, 9.17) is 21.1 Å². The summed E-state index contributed by atoms with van der Waals surface area (Å²) in [7, 11) is 1.45. The van der Waals surface area contributed by atoms with E-state index in [0.717, 1.165) is 6.07 Å². The molecule has 0 fully saturated rings. The molecule has 1 N–H and O–H groups in total. The second kappa shape index (κ2) is 9.30. The summed E-state index contributed by atoms with van der Waals surface area (Å²) in [5.74, 6) is 0.494. The molecule has 0 bridgehead atoms. The fourth-order valence-electron chi connectivity index (χ4n) is 3.22. The molecule has 0 spiro atoms. The minimum absolute atomic E-state index is 0.130. The molecular weight excluding hydrogens is 476 g/mol. The van der Waals surface area contributed by atoms with Crippen LogP contribution < -0.4 is 9.47 Å². The van der Waals surface area contributed by atoms with Crippen molar-refractivity contribution in [3.8, 4) is 34.1 Å². The van der Waals surface area contributed by atoms with E-state index >= 15 is 0 Å². The van der Waals surface area contributed by atoms with Crippen LogP contribution in [0.4, 0.5) is 17.6 Å². The Hall–Kier alpha value is -3.66. The molecule has 0 saturated heterocycles. The van der Waals surface area contributed by atoms with Crippen LogP contribution in [0.2, 0.25) is 5.15 Å².